The lowest BCUT2D eigenvalue weighted by atomic mass is 10.1. The zero-order valence-corrected chi connectivity index (χ0v) is 32.0. The first-order valence-corrected chi connectivity index (χ1v) is 18.6. The molecule has 0 saturated heterocycles. The Morgan fingerprint density at radius 1 is 0.429 bits per heavy atom. The number of ketones is 1. The Balaban J connectivity index is 1.16. The van der Waals surface area contributed by atoms with E-state index < -0.39 is 24.1 Å². The van der Waals surface area contributed by atoms with E-state index in [2.05, 4.69) is 0 Å². The smallest absolute Gasteiger partial charge is 0.372 e. The summed E-state index contributed by atoms with van der Waals surface area (Å²) in [5.74, 6) is -3.83. The maximum atomic E-state index is 12.3. The summed E-state index contributed by atoms with van der Waals surface area (Å²) in [6, 6.07) is 6.78. The van der Waals surface area contributed by atoms with Crippen molar-refractivity contribution in [3.8, 4) is 0 Å². The largest absolute Gasteiger partial charge is 0.476 e. The Hall–Kier alpha value is -3.47. The van der Waals surface area contributed by atoms with Crippen LogP contribution in [0.3, 0.4) is 0 Å². The zero-order valence-electron chi connectivity index (χ0n) is 32.0. The summed E-state index contributed by atoms with van der Waals surface area (Å²) in [4.78, 5) is 58.5. The Kier molecular flexibility index (Phi) is 29.3. The number of ether oxygens (including phenoxy) is 12. The van der Waals surface area contributed by atoms with Crippen LogP contribution in [0, 0.1) is 0 Å². The normalized spacial score (nSPS) is 12.4. The Morgan fingerprint density at radius 3 is 1.02 bits per heavy atom. The van der Waals surface area contributed by atoms with E-state index >= 15 is 0 Å². The summed E-state index contributed by atoms with van der Waals surface area (Å²) in [6.07, 6.45) is -0.674. The highest BCUT2D eigenvalue weighted by molar-refractivity contribution is 6.32. The van der Waals surface area contributed by atoms with Crippen LogP contribution in [-0.4, -0.2) is 198 Å². The summed E-state index contributed by atoms with van der Waals surface area (Å²) in [5.41, 5.74) is 0.862. The average Bonchev–Trinajstić information content (AvgIpc) is 3.44. The van der Waals surface area contributed by atoms with Gasteiger partial charge in [-0.1, -0.05) is 12.1 Å². The third kappa shape index (κ3) is 24.2. The second-order valence-corrected chi connectivity index (χ2v) is 11.5. The lowest BCUT2D eigenvalue weighted by Gasteiger charge is -2.13. The van der Waals surface area contributed by atoms with Crippen molar-refractivity contribution in [2.24, 2.45) is 0 Å². The van der Waals surface area contributed by atoms with Crippen molar-refractivity contribution >= 4 is 29.5 Å². The molecule has 0 unspecified atom stereocenters. The number of hydrogen-bond acceptors (Lipinski definition) is 17. The van der Waals surface area contributed by atoms with Gasteiger partial charge in [0.15, 0.2) is 0 Å². The number of carbonyl (C=O) groups is 5. The first-order valence-electron chi connectivity index (χ1n) is 18.6. The van der Waals surface area contributed by atoms with E-state index in [-0.39, 0.29) is 44.6 Å². The molecule has 2 rings (SSSR count). The molecule has 1 aliphatic heterocycles. The number of carboxylic acid groups (broad SMARTS) is 1. The van der Waals surface area contributed by atoms with Gasteiger partial charge in [0.25, 0.3) is 11.8 Å². The Labute approximate surface area is 326 Å². The number of esters is 1. The van der Waals surface area contributed by atoms with E-state index in [0.29, 0.717) is 143 Å². The number of imide groups is 1. The molecule has 0 atom stereocenters. The summed E-state index contributed by atoms with van der Waals surface area (Å²) < 4.78 is 64.6. The van der Waals surface area contributed by atoms with Gasteiger partial charge in [-0.05, 0) is 12.1 Å². The van der Waals surface area contributed by atoms with Crippen molar-refractivity contribution in [2.75, 3.05) is 159 Å². The molecule has 1 aromatic carbocycles. The van der Waals surface area contributed by atoms with E-state index in [1.165, 1.54) is 4.90 Å². The summed E-state index contributed by atoms with van der Waals surface area (Å²) in [6.45, 7) is 8.98. The SMILES string of the molecule is O=C(CCC(=O)C(=O)O)OCCOCCOCCOCCOCCOCCOCCOCCOCCOCCOCCOCCN1C(=O)c2ccccc2C1=O. The maximum absolute atomic E-state index is 12.3. The minimum atomic E-state index is -1.57. The molecule has 1 aliphatic rings. The molecule has 0 aromatic heterocycles. The number of aliphatic carboxylic acids is 1. The highest BCUT2D eigenvalue weighted by Gasteiger charge is 2.34. The van der Waals surface area contributed by atoms with Crippen LogP contribution in [0.5, 0.6) is 0 Å². The molecule has 0 fully saturated rings. The zero-order chi connectivity index (χ0) is 40.3. The van der Waals surface area contributed by atoms with Crippen molar-refractivity contribution in [3.05, 3.63) is 35.4 Å². The molecule has 2 amide bonds. The van der Waals surface area contributed by atoms with Crippen molar-refractivity contribution in [3.63, 3.8) is 0 Å². The summed E-state index contributed by atoms with van der Waals surface area (Å²) >= 11 is 0. The maximum Gasteiger partial charge on any atom is 0.372 e. The van der Waals surface area contributed by atoms with Crippen LogP contribution >= 0.6 is 0 Å². The lowest BCUT2D eigenvalue weighted by molar-refractivity contribution is -0.151. The summed E-state index contributed by atoms with van der Waals surface area (Å²) in [7, 11) is 0. The van der Waals surface area contributed by atoms with Gasteiger partial charge in [0.05, 0.1) is 169 Å². The number of nitrogens with zero attached hydrogens (tertiary/aromatic N) is 1. The minimum Gasteiger partial charge on any atom is -0.476 e. The van der Waals surface area contributed by atoms with Crippen molar-refractivity contribution in [2.45, 2.75) is 12.8 Å². The van der Waals surface area contributed by atoms with Gasteiger partial charge < -0.3 is 61.9 Å². The van der Waals surface area contributed by atoms with E-state index in [1.54, 1.807) is 24.3 Å². The van der Waals surface area contributed by atoms with E-state index in [1.807, 2.05) is 0 Å². The number of carboxylic acids is 1. The first kappa shape index (κ1) is 48.7. The van der Waals surface area contributed by atoms with Gasteiger partial charge in [-0.25, -0.2) is 4.79 Å². The molecule has 1 N–H and O–H groups in total. The number of benzene rings is 1. The van der Waals surface area contributed by atoms with Gasteiger partial charge in [-0.2, -0.15) is 0 Å². The van der Waals surface area contributed by atoms with Crippen LogP contribution in [0.1, 0.15) is 33.6 Å². The van der Waals surface area contributed by atoms with Crippen molar-refractivity contribution < 1.29 is 85.9 Å². The molecule has 19 heteroatoms. The van der Waals surface area contributed by atoms with Crippen LogP contribution in [0.15, 0.2) is 24.3 Å². The number of amides is 2. The fourth-order valence-electron chi connectivity index (χ4n) is 4.51. The molecular formula is C37H57NO18. The standard InChI is InChI=1S/C37H57NO18/c39-33(37(43)44)5-6-34(40)56-30-29-55-28-27-54-26-25-53-24-23-52-22-21-51-20-19-50-18-17-49-16-15-48-14-13-47-12-11-46-10-9-45-8-7-38-35(41)31-3-1-2-4-32(31)36(38)42/h1-4H,5-30H2,(H,43,44). The fraction of sp³-hybridized carbons (Fsp3) is 0.703. The predicted octanol–water partition coefficient (Wildman–Crippen LogP) is 0.442. The average molecular weight is 804 g/mol. The van der Waals surface area contributed by atoms with E-state index in [9.17, 15) is 24.0 Å². The molecule has 0 bridgehead atoms. The van der Waals surface area contributed by atoms with E-state index in [4.69, 9.17) is 61.9 Å². The van der Waals surface area contributed by atoms with Gasteiger partial charge in [0.2, 0.25) is 5.78 Å². The second-order valence-electron chi connectivity index (χ2n) is 11.5. The molecular weight excluding hydrogens is 746 g/mol. The topological polar surface area (TPSA) is 220 Å². The van der Waals surface area contributed by atoms with Gasteiger partial charge >= 0.3 is 11.9 Å². The van der Waals surface area contributed by atoms with Crippen molar-refractivity contribution in [1.29, 1.82) is 0 Å². The van der Waals surface area contributed by atoms with Crippen LogP contribution in [-0.2, 0) is 71.2 Å². The minimum absolute atomic E-state index is 0.00522. The van der Waals surface area contributed by atoms with Crippen LogP contribution in [0.4, 0.5) is 0 Å². The second kappa shape index (κ2) is 33.6. The molecule has 0 saturated carbocycles. The van der Waals surface area contributed by atoms with Gasteiger partial charge in [0.1, 0.15) is 6.61 Å². The monoisotopic (exact) mass is 803 g/mol. The van der Waals surface area contributed by atoms with Gasteiger partial charge in [0, 0.05) is 6.42 Å². The molecule has 19 nitrogen and oxygen atoms in total. The van der Waals surface area contributed by atoms with Crippen LogP contribution in [0.2, 0.25) is 0 Å². The summed E-state index contributed by atoms with van der Waals surface area (Å²) in [5, 5.41) is 8.45. The third-order valence-electron chi connectivity index (χ3n) is 7.34. The molecule has 1 aromatic rings. The highest BCUT2D eigenvalue weighted by Crippen LogP contribution is 2.21. The van der Waals surface area contributed by atoms with Crippen LogP contribution in [0.25, 0.3) is 0 Å². The Morgan fingerprint density at radius 2 is 0.714 bits per heavy atom. The number of rotatable bonds is 40. The quantitative estimate of drug-likeness (QED) is 0.0412. The Bertz CT molecular complexity index is 1200. The van der Waals surface area contributed by atoms with Gasteiger partial charge in [-0.3, -0.25) is 24.1 Å². The highest BCUT2D eigenvalue weighted by atomic mass is 16.6. The lowest BCUT2D eigenvalue weighted by Crippen LogP contribution is -2.33. The third-order valence-corrected chi connectivity index (χ3v) is 7.34. The molecule has 0 radical (unpaired) electrons. The molecule has 1 heterocycles. The molecule has 0 spiro atoms. The molecule has 318 valence electrons. The number of hydrogen-bond donors (Lipinski definition) is 1. The van der Waals surface area contributed by atoms with Crippen LogP contribution < -0.4 is 0 Å². The first-order chi connectivity index (χ1) is 27.4. The number of Topliss-reactive ketones (excluding diaryl/α,β-unsaturated/α-hetero) is 1. The molecule has 0 aliphatic carbocycles. The van der Waals surface area contributed by atoms with Crippen molar-refractivity contribution in [1.82, 2.24) is 4.90 Å². The molecule has 56 heavy (non-hydrogen) atoms. The number of carbonyl (C=O) groups excluding carboxylic acids is 4. The number of fused-ring (bicyclic) bond motifs is 1. The predicted molar refractivity (Wildman–Crippen MR) is 194 cm³/mol. The van der Waals surface area contributed by atoms with Gasteiger partial charge in [-0.15, -0.1) is 0 Å². The fourth-order valence-corrected chi connectivity index (χ4v) is 4.51. The van der Waals surface area contributed by atoms with E-state index in [0.717, 1.165) is 0 Å².